The standard InChI is InChI=1S/C17H17FN4O3/c1-10(23)20-13-4-2-3-11(7-13)17(25)22-14-6-5-12(18)8-15(14)21-16(24)9-19/h2-8H,9,19H2,1H3,(H,20,23)(H,21,24)(H,22,25). The molecule has 7 nitrogen and oxygen atoms in total. The SMILES string of the molecule is CC(=O)Nc1cccc(C(=O)Nc2ccc(F)cc2NC(=O)CN)c1. The zero-order valence-corrected chi connectivity index (χ0v) is 13.4. The minimum absolute atomic E-state index is 0.0989. The lowest BCUT2D eigenvalue weighted by molar-refractivity contribution is -0.115. The second kappa shape index (κ2) is 8.02. The normalized spacial score (nSPS) is 10.0. The van der Waals surface area contributed by atoms with Crippen molar-refractivity contribution >= 4 is 34.8 Å². The highest BCUT2D eigenvalue weighted by molar-refractivity contribution is 6.08. The molecule has 0 atom stereocenters. The lowest BCUT2D eigenvalue weighted by atomic mass is 10.1. The van der Waals surface area contributed by atoms with Crippen LogP contribution in [0.5, 0.6) is 0 Å². The fourth-order valence-electron chi connectivity index (χ4n) is 2.07. The summed E-state index contributed by atoms with van der Waals surface area (Å²) in [5.74, 6) is -1.84. The highest BCUT2D eigenvalue weighted by Gasteiger charge is 2.12. The van der Waals surface area contributed by atoms with Gasteiger partial charge in [0.15, 0.2) is 0 Å². The molecule has 3 amide bonds. The smallest absolute Gasteiger partial charge is 0.255 e. The Morgan fingerprint density at radius 1 is 1.00 bits per heavy atom. The number of benzene rings is 2. The Bertz CT molecular complexity index is 823. The predicted molar refractivity (Wildman–Crippen MR) is 92.8 cm³/mol. The summed E-state index contributed by atoms with van der Waals surface area (Å²) in [5, 5.41) is 7.59. The number of hydrogen-bond donors (Lipinski definition) is 4. The zero-order valence-electron chi connectivity index (χ0n) is 13.4. The average molecular weight is 344 g/mol. The maximum absolute atomic E-state index is 13.4. The molecule has 0 aliphatic carbocycles. The van der Waals surface area contributed by atoms with Crippen molar-refractivity contribution in [1.29, 1.82) is 0 Å². The predicted octanol–water partition coefficient (Wildman–Crippen LogP) is 1.93. The third kappa shape index (κ3) is 5.11. The fraction of sp³-hybridized carbons (Fsp3) is 0.118. The third-order valence-electron chi connectivity index (χ3n) is 3.13. The maximum Gasteiger partial charge on any atom is 0.255 e. The van der Waals surface area contributed by atoms with Gasteiger partial charge in [-0.15, -0.1) is 0 Å². The molecule has 0 aromatic heterocycles. The highest BCUT2D eigenvalue weighted by atomic mass is 19.1. The number of anilines is 3. The van der Waals surface area contributed by atoms with Crippen LogP contribution in [0.4, 0.5) is 21.5 Å². The van der Waals surface area contributed by atoms with Crippen LogP contribution in [0.2, 0.25) is 0 Å². The summed E-state index contributed by atoms with van der Waals surface area (Å²) in [4.78, 5) is 34.9. The van der Waals surface area contributed by atoms with Crippen LogP contribution in [0.1, 0.15) is 17.3 Å². The molecule has 0 spiro atoms. The molecule has 25 heavy (non-hydrogen) atoms. The van der Waals surface area contributed by atoms with Gasteiger partial charge in [0.2, 0.25) is 11.8 Å². The first kappa shape index (κ1) is 18.1. The number of nitrogens with one attached hydrogen (secondary N) is 3. The largest absolute Gasteiger partial charge is 0.326 e. The summed E-state index contributed by atoms with van der Waals surface area (Å²) >= 11 is 0. The summed E-state index contributed by atoms with van der Waals surface area (Å²) in [5.41, 5.74) is 6.30. The Kier molecular flexibility index (Phi) is 5.80. The van der Waals surface area contributed by atoms with Crippen LogP contribution in [0, 0.1) is 5.82 Å². The summed E-state index contributed by atoms with van der Waals surface area (Å²) in [7, 11) is 0. The van der Waals surface area contributed by atoms with E-state index in [0.29, 0.717) is 5.69 Å². The van der Waals surface area contributed by atoms with Gasteiger partial charge in [-0.3, -0.25) is 14.4 Å². The molecule has 0 heterocycles. The van der Waals surface area contributed by atoms with E-state index in [9.17, 15) is 18.8 Å². The molecule has 5 N–H and O–H groups in total. The Balaban J connectivity index is 2.23. The van der Waals surface area contributed by atoms with Gasteiger partial charge in [0.25, 0.3) is 5.91 Å². The van der Waals surface area contributed by atoms with E-state index in [0.717, 1.165) is 12.1 Å². The van der Waals surface area contributed by atoms with Crippen molar-refractivity contribution in [3.05, 3.63) is 53.8 Å². The van der Waals surface area contributed by atoms with E-state index >= 15 is 0 Å². The molecule has 0 aliphatic heterocycles. The Labute approximate surface area is 143 Å². The number of carbonyl (C=O) groups excluding carboxylic acids is 3. The second-order valence-electron chi connectivity index (χ2n) is 5.16. The molecule has 2 aromatic rings. The van der Waals surface area contributed by atoms with E-state index in [1.807, 2.05) is 0 Å². The molecule has 2 aromatic carbocycles. The monoisotopic (exact) mass is 344 g/mol. The molecule has 0 fully saturated rings. The molecule has 0 bridgehead atoms. The molecule has 0 radical (unpaired) electrons. The molecule has 0 saturated heterocycles. The number of rotatable bonds is 5. The van der Waals surface area contributed by atoms with Crippen molar-refractivity contribution in [2.24, 2.45) is 5.73 Å². The van der Waals surface area contributed by atoms with E-state index in [1.165, 1.54) is 19.1 Å². The van der Waals surface area contributed by atoms with E-state index in [4.69, 9.17) is 5.73 Å². The first-order valence-electron chi connectivity index (χ1n) is 7.37. The second-order valence-corrected chi connectivity index (χ2v) is 5.16. The van der Waals surface area contributed by atoms with Crippen LogP contribution >= 0.6 is 0 Å². The molecule has 8 heteroatoms. The summed E-state index contributed by atoms with van der Waals surface area (Å²) in [6.07, 6.45) is 0. The van der Waals surface area contributed by atoms with Crippen LogP contribution in [-0.2, 0) is 9.59 Å². The van der Waals surface area contributed by atoms with Crippen molar-refractivity contribution in [2.45, 2.75) is 6.92 Å². The lowest BCUT2D eigenvalue weighted by Crippen LogP contribution is -2.23. The molecule has 0 aliphatic rings. The molecular formula is C17H17FN4O3. The van der Waals surface area contributed by atoms with E-state index in [-0.39, 0.29) is 29.4 Å². The van der Waals surface area contributed by atoms with Crippen molar-refractivity contribution in [3.8, 4) is 0 Å². The number of carbonyl (C=O) groups is 3. The molecule has 0 saturated carbocycles. The van der Waals surface area contributed by atoms with Crippen molar-refractivity contribution in [1.82, 2.24) is 0 Å². The van der Waals surface area contributed by atoms with Crippen LogP contribution < -0.4 is 21.7 Å². The minimum atomic E-state index is -0.571. The van der Waals surface area contributed by atoms with Gasteiger partial charge in [-0.05, 0) is 36.4 Å². The topological polar surface area (TPSA) is 113 Å². The van der Waals surface area contributed by atoms with Crippen molar-refractivity contribution in [2.75, 3.05) is 22.5 Å². The quantitative estimate of drug-likeness (QED) is 0.664. The number of hydrogen-bond acceptors (Lipinski definition) is 4. The summed E-state index contributed by atoms with van der Waals surface area (Å²) < 4.78 is 13.4. The lowest BCUT2D eigenvalue weighted by Gasteiger charge is -2.12. The van der Waals surface area contributed by atoms with Gasteiger partial charge >= 0.3 is 0 Å². The van der Waals surface area contributed by atoms with Gasteiger partial charge in [-0.2, -0.15) is 0 Å². The van der Waals surface area contributed by atoms with Gasteiger partial charge in [0, 0.05) is 18.2 Å². The number of halogens is 1. The van der Waals surface area contributed by atoms with Crippen molar-refractivity contribution < 1.29 is 18.8 Å². The maximum atomic E-state index is 13.4. The highest BCUT2D eigenvalue weighted by Crippen LogP contribution is 2.24. The van der Waals surface area contributed by atoms with Gasteiger partial charge in [-0.25, -0.2) is 4.39 Å². The van der Waals surface area contributed by atoms with E-state index in [2.05, 4.69) is 16.0 Å². The molecule has 0 unspecified atom stereocenters. The Hall–Kier alpha value is -3.26. The van der Waals surface area contributed by atoms with Crippen LogP contribution in [0.15, 0.2) is 42.5 Å². The summed E-state index contributed by atoms with van der Waals surface area (Å²) in [6.45, 7) is 1.08. The first-order valence-corrected chi connectivity index (χ1v) is 7.37. The minimum Gasteiger partial charge on any atom is -0.326 e. The Morgan fingerprint density at radius 2 is 1.76 bits per heavy atom. The van der Waals surface area contributed by atoms with Gasteiger partial charge in [-0.1, -0.05) is 6.07 Å². The van der Waals surface area contributed by atoms with Gasteiger partial charge in [0.1, 0.15) is 5.82 Å². The van der Waals surface area contributed by atoms with Crippen LogP contribution in [0.25, 0.3) is 0 Å². The van der Waals surface area contributed by atoms with Gasteiger partial charge in [0.05, 0.1) is 17.9 Å². The van der Waals surface area contributed by atoms with E-state index in [1.54, 1.807) is 18.2 Å². The number of nitrogens with two attached hydrogens (primary N) is 1. The molecular weight excluding hydrogens is 327 g/mol. The first-order chi connectivity index (χ1) is 11.9. The van der Waals surface area contributed by atoms with Crippen LogP contribution in [-0.4, -0.2) is 24.3 Å². The van der Waals surface area contributed by atoms with Crippen molar-refractivity contribution in [3.63, 3.8) is 0 Å². The van der Waals surface area contributed by atoms with Crippen LogP contribution in [0.3, 0.4) is 0 Å². The summed E-state index contributed by atoms with van der Waals surface area (Å²) in [6, 6.07) is 9.88. The fourth-order valence-corrected chi connectivity index (χ4v) is 2.07. The van der Waals surface area contributed by atoms with Gasteiger partial charge < -0.3 is 21.7 Å². The molecule has 130 valence electrons. The van der Waals surface area contributed by atoms with E-state index < -0.39 is 17.6 Å². The zero-order chi connectivity index (χ0) is 18.4. The molecule has 2 rings (SSSR count). The number of amides is 3. The Morgan fingerprint density at radius 3 is 2.44 bits per heavy atom. The average Bonchev–Trinajstić information content (AvgIpc) is 2.56. The third-order valence-corrected chi connectivity index (χ3v) is 3.13.